The van der Waals surface area contributed by atoms with Gasteiger partial charge in [-0.1, -0.05) is 19.1 Å². The number of rotatable bonds is 5. The van der Waals surface area contributed by atoms with Gasteiger partial charge in [0.1, 0.15) is 5.69 Å². The second-order valence-electron chi connectivity index (χ2n) is 4.04. The molecular formula is C11H18N4OS. The standard InChI is InChI=1S/C11H18N4OS/c1-4-8-6-9(15(3)14-8)11(16)13-7(2)5-10(12)17/h6-7H,4-5H2,1-3H3,(H2,12,17)(H,13,16). The second-order valence-corrected chi connectivity index (χ2v) is 4.57. The predicted octanol–water partition coefficient (Wildman–Crippen LogP) is 0.777. The van der Waals surface area contributed by atoms with Crippen molar-refractivity contribution in [3.05, 3.63) is 17.5 Å². The molecule has 1 unspecified atom stereocenters. The maximum atomic E-state index is 11.9. The molecule has 0 saturated heterocycles. The number of hydrogen-bond acceptors (Lipinski definition) is 3. The molecule has 94 valence electrons. The molecule has 0 bridgehead atoms. The molecule has 0 aliphatic carbocycles. The summed E-state index contributed by atoms with van der Waals surface area (Å²) in [5.41, 5.74) is 6.88. The van der Waals surface area contributed by atoms with E-state index in [1.54, 1.807) is 17.8 Å². The number of nitrogens with two attached hydrogens (primary N) is 1. The van der Waals surface area contributed by atoms with Crippen molar-refractivity contribution in [3.8, 4) is 0 Å². The minimum absolute atomic E-state index is 0.0695. The van der Waals surface area contributed by atoms with Crippen LogP contribution in [0.25, 0.3) is 0 Å². The van der Waals surface area contributed by atoms with Gasteiger partial charge in [0.2, 0.25) is 0 Å². The summed E-state index contributed by atoms with van der Waals surface area (Å²) in [6.07, 6.45) is 1.31. The highest BCUT2D eigenvalue weighted by Crippen LogP contribution is 2.04. The molecular weight excluding hydrogens is 236 g/mol. The first-order valence-corrected chi connectivity index (χ1v) is 5.97. The van der Waals surface area contributed by atoms with E-state index < -0.39 is 0 Å². The van der Waals surface area contributed by atoms with Crippen molar-refractivity contribution < 1.29 is 4.79 Å². The molecule has 1 atom stereocenters. The van der Waals surface area contributed by atoms with Crippen LogP contribution >= 0.6 is 12.2 Å². The molecule has 0 aliphatic rings. The van der Waals surface area contributed by atoms with E-state index in [2.05, 4.69) is 10.4 Å². The van der Waals surface area contributed by atoms with Crippen LogP contribution in [0.4, 0.5) is 0 Å². The summed E-state index contributed by atoms with van der Waals surface area (Å²) >= 11 is 4.80. The van der Waals surface area contributed by atoms with Crippen LogP contribution in [-0.4, -0.2) is 26.7 Å². The van der Waals surface area contributed by atoms with Crippen LogP contribution in [0.3, 0.4) is 0 Å². The van der Waals surface area contributed by atoms with E-state index in [1.165, 1.54) is 0 Å². The lowest BCUT2D eigenvalue weighted by Crippen LogP contribution is -2.36. The van der Waals surface area contributed by atoms with Crippen LogP contribution in [0.15, 0.2) is 6.07 Å². The molecule has 0 fully saturated rings. The van der Waals surface area contributed by atoms with Gasteiger partial charge in [0, 0.05) is 19.5 Å². The zero-order valence-corrected chi connectivity index (χ0v) is 11.2. The summed E-state index contributed by atoms with van der Waals surface area (Å²) in [6, 6.07) is 1.72. The van der Waals surface area contributed by atoms with Crippen molar-refractivity contribution in [2.75, 3.05) is 0 Å². The highest BCUT2D eigenvalue weighted by Gasteiger charge is 2.15. The van der Waals surface area contributed by atoms with Crippen molar-refractivity contribution in [2.45, 2.75) is 32.7 Å². The van der Waals surface area contributed by atoms with Gasteiger partial charge in [-0.15, -0.1) is 0 Å². The Kier molecular flexibility index (Phi) is 4.62. The fraction of sp³-hybridized carbons (Fsp3) is 0.545. The maximum absolute atomic E-state index is 11.9. The van der Waals surface area contributed by atoms with Crippen molar-refractivity contribution in [3.63, 3.8) is 0 Å². The number of nitrogens with zero attached hydrogens (tertiary/aromatic N) is 2. The third-order valence-corrected chi connectivity index (χ3v) is 2.58. The SMILES string of the molecule is CCc1cc(C(=O)NC(C)CC(N)=S)n(C)n1. The quantitative estimate of drug-likeness (QED) is 0.762. The monoisotopic (exact) mass is 254 g/mol. The number of carbonyl (C=O) groups excluding carboxylic acids is 1. The maximum Gasteiger partial charge on any atom is 0.269 e. The van der Waals surface area contributed by atoms with E-state index in [0.717, 1.165) is 12.1 Å². The van der Waals surface area contributed by atoms with Crippen LogP contribution in [0.5, 0.6) is 0 Å². The van der Waals surface area contributed by atoms with Crippen molar-refractivity contribution in [2.24, 2.45) is 12.8 Å². The normalized spacial score (nSPS) is 12.2. The Bertz CT molecular complexity index is 427. The smallest absolute Gasteiger partial charge is 0.269 e. The average Bonchev–Trinajstić information content (AvgIpc) is 2.58. The molecule has 1 rings (SSSR count). The minimum Gasteiger partial charge on any atom is -0.393 e. The molecule has 1 aromatic rings. The summed E-state index contributed by atoms with van der Waals surface area (Å²) < 4.78 is 1.58. The third kappa shape index (κ3) is 3.81. The lowest BCUT2D eigenvalue weighted by atomic mass is 10.2. The molecule has 3 N–H and O–H groups in total. The zero-order valence-electron chi connectivity index (χ0n) is 10.4. The minimum atomic E-state index is -0.150. The molecule has 17 heavy (non-hydrogen) atoms. The number of aryl methyl sites for hydroxylation is 2. The molecule has 0 aromatic carbocycles. The molecule has 0 radical (unpaired) electrons. The summed E-state index contributed by atoms with van der Waals surface area (Å²) in [5.74, 6) is -0.150. The Morgan fingerprint density at radius 3 is 2.82 bits per heavy atom. The van der Waals surface area contributed by atoms with Crippen molar-refractivity contribution in [1.29, 1.82) is 0 Å². The van der Waals surface area contributed by atoms with E-state index in [9.17, 15) is 4.79 Å². The van der Waals surface area contributed by atoms with Gasteiger partial charge in [0.05, 0.1) is 10.7 Å². The number of amides is 1. The van der Waals surface area contributed by atoms with Crippen molar-refractivity contribution >= 4 is 23.1 Å². The number of thiocarbonyl (C=S) groups is 1. The largest absolute Gasteiger partial charge is 0.393 e. The number of hydrogen-bond donors (Lipinski definition) is 2. The first-order valence-electron chi connectivity index (χ1n) is 5.56. The fourth-order valence-corrected chi connectivity index (χ4v) is 1.81. The first kappa shape index (κ1) is 13.6. The van der Waals surface area contributed by atoms with E-state index in [0.29, 0.717) is 17.1 Å². The summed E-state index contributed by atoms with van der Waals surface area (Å²) in [4.78, 5) is 12.3. The number of carbonyl (C=O) groups is 1. The van der Waals surface area contributed by atoms with Gasteiger partial charge < -0.3 is 11.1 Å². The van der Waals surface area contributed by atoms with Crippen LogP contribution in [0, 0.1) is 0 Å². The lowest BCUT2D eigenvalue weighted by molar-refractivity contribution is 0.0932. The van der Waals surface area contributed by atoms with Crippen LogP contribution in [0.2, 0.25) is 0 Å². The van der Waals surface area contributed by atoms with Gasteiger partial charge in [-0.3, -0.25) is 9.48 Å². The molecule has 0 aliphatic heterocycles. The number of aromatic nitrogens is 2. The predicted molar refractivity (Wildman–Crippen MR) is 70.9 cm³/mol. The van der Waals surface area contributed by atoms with Gasteiger partial charge >= 0.3 is 0 Å². The fourth-order valence-electron chi connectivity index (χ4n) is 1.56. The highest BCUT2D eigenvalue weighted by atomic mass is 32.1. The molecule has 5 nitrogen and oxygen atoms in total. The summed E-state index contributed by atoms with van der Waals surface area (Å²) in [6.45, 7) is 3.87. The first-order chi connectivity index (χ1) is 7.93. The molecule has 0 spiro atoms. The van der Waals surface area contributed by atoms with E-state index in [-0.39, 0.29) is 11.9 Å². The van der Waals surface area contributed by atoms with Crippen molar-refractivity contribution in [1.82, 2.24) is 15.1 Å². The van der Waals surface area contributed by atoms with Crippen LogP contribution in [0.1, 0.15) is 36.5 Å². The Balaban J connectivity index is 2.69. The van der Waals surface area contributed by atoms with Gasteiger partial charge in [0.15, 0.2) is 0 Å². The van der Waals surface area contributed by atoms with E-state index in [4.69, 9.17) is 18.0 Å². The lowest BCUT2D eigenvalue weighted by Gasteiger charge is -2.12. The molecule has 0 saturated carbocycles. The Labute approximate surface area is 106 Å². The zero-order chi connectivity index (χ0) is 13.0. The highest BCUT2D eigenvalue weighted by molar-refractivity contribution is 7.80. The molecule has 6 heteroatoms. The summed E-state index contributed by atoms with van der Waals surface area (Å²) in [5, 5.41) is 7.06. The topological polar surface area (TPSA) is 72.9 Å². The second kappa shape index (κ2) is 5.77. The van der Waals surface area contributed by atoms with E-state index >= 15 is 0 Å². The van der Waals surface area contributed by atoms with Crippen LogP contribution in [-0.2, 0) is 13.5 Å². The van der Waals surface area contributed by atoms with Gasteiger partial charge in [-0.2, -0.15) is 5.10 Å². The van der Waals surface area contributed by atoms with Gasteiger partial charge in [0.25, 0.3) is 5.91 Å². The molecule has 1 aromatic heterocycles. The third-order valence-electron chi connectivity index (χ3n) is 2.41. The average molecular weight is 254 g/mol. The van der Waals surface area contributed by atoms with E-state index in [1.807, 2.05) is 13.8 Å². The Morgan fingerprint density at radius 1 is 1.71 bits per heavy atom. The van der Waals surface area contributed by atoms with Crippen LogP contribution < -0.4 is 11.1 Å². The van der Waals surface area contributed by atoms with Gasteiger partial charge in [-0.25, -0.2) is 0 Å². The molecule has 1 amide bonds. The molecule has 1 heterocycles. The summed E-state index contributed by atoms with van der Waals surface area (Å²) in [7, 11) is 1.76. The van der Waals surface area contributed by atoms with Gasteiger partial charge in [-0.05, 0) is 19.4 Å². The Hall–Kier alpha value is -1.43. The number of nitrogens with one attached hydrogen (secondary N) is 1. The Morgan fingerprint density at radius 2 is 2.35 bits per heavy atom.